The van der Waals surface area contributed by atoms with Crippen LogP contribution in [0.5, 0.6) is 0 Å². The van der Waals surface area contributed by atoms with Crippen molar-refractivity contribution in [1.29, 1.82) is 0 Å². The summed E-state index contributed by atoms with van der Waals surface area (Å²) in [5.41, 5.74) is 0.0469. The predicted molar refractivity (Wildman–Crippen MR) is 84.6 cm³/mol. The number of hydrogen-bond acceptors (Lipinski definition) is 8. The molecule has 26 heavy (non-hydrogen) atoms. The number of carbonyl (C=O) groups excluding carboxylic acids is 2. The van der Waals surface area contributed by atoms with Gasteiger partial charge in [0.25, 0.3) is 5.91 Å². The number of nitrogens with zero attached hydrogens (tertiary/aromatic N) is 7. The Balaban J connectivity index is 1.65. The van der Waals surface area contributed by atoms with Gasteiger partial charge in [0.1, 0.15) is 18.4 Å². The molecule has 1 aromatic carbocycles. The summed E-state index contributed by atoms with van der Waals surface area (Å²) in [7, 11) is 0. The topological polar surface area (TPSA) is 132 Å². The van der Waals surface area contributed by atoms with E-state index in [2.05, 4.69) is 31.0 Å². The average molecular weight is 354 g/mol. The first-order valence-electron chi connectivity index (χ1n) is 7.74. The minimum absolute atomic E-state index is 0.0895. The SMILES string of the molecule is Cc1nnc(CN2C(=O)NC(C)(c3cccc(-n4cnnn4)c3)C2=O)o1. The second-order valence-corrected chi connectivity index (χ2v) is 5.97. The van der Waals surface area contributed by atoms with Crippen LogP contribution >= 0.6 is 0 Å². The van der Waals surface area contributed by atoms with E-state index in [0.29, 0.717) is 17.1 Å². The average Bonchev–Trinajstić information content (AvgIpc) is 3.34. The standard InChI is InChI=1S/C15H14N8O3/c1-9-18-19-12(26-9)7-22-13(24)15(2,17-14(22)25)10-4-3-5-11(6-10)23-8-16-20-21-23/h3-6,8H,7H2,1-2H3,(H,17,25). The van der Waals surface area contributed by atoms with E-state index in [0.717, 1.165) is 4.90 Å². The Bertz CT molecular complexity index is 982. The van der Waals surface area contributed by atoms with Crippen LogP contribution in [0.4, 0.5) is 4.79 Å². The molecule has 3 amide bonds. The van der Waals surface area contributed by atoms with Crippen LogP contribution in [0.15, 0.2) is 35.0 Å². The van der Waals surface area contributed by atoms with E-state index in [1.54, 1.807) is 38.1 Å². The van der Waals surface area contributed by atoms with Gasteiger partial charge in [-0.2, -0.15) is 0 Å². The first-order chi connectivity index (χ1) is 12.5. The molecule has 1 unspecified atom stereocenters. The number of rotatable bonds is 4. The lowest BCUT2D eigenvalue weighted by Gasteiger charge is -2.22. The van der Waals surface area contributed by atoms with Crippen molar-refractivity contribution >= 4 is 11.9 Å². The van der Waals surface area contributed by atoms with Crippen molar-refractivity contribution in [2.75, 3.05) is 0 Å². The van der Waals surface area contributed by atoms with E-state index in [1.807, 2.05) is 0 Å². The second kappa shape index (κ2) is 5.72. The van der Waals surface area contributed by atoms with Gasteiger partial charge >= 0.3 is 6.03 Å². The van der Waals surface area contributed by atoms with E-state index in [4.69, 9.17) is 4.42 Å². The van der Waals surface area contributed by atoms with Gasteiger partial charge in [-0.25, -0.2) is 9.48 Å². The third-order valence-corrected chi connectivity index (χ3v) is 4.17. The van der Waals surface area contributed by atoms with E-state index in [9.17, 15) is 9.59 Å². The summed E-state index contributed by atoms with van der Waals surface area (Å²) in [5.74, 6) is 0.147. The molecule has 0 bridgehead atoms. The molecule has 11 heteroatoms. The highest BCUT2D eigenvalue weighted by molar-refractivity contribution is 6.07. The van der Waals surface area contributed by atoms with Crippen LogP contribution in [-0.2, 0) is 16.9 Å². The lowest BCUT2D eigenvalue weighted by Crippen LogP contribution is -2.40. The highest BCUT2D eigenvalue weighted by Crippen LogP contribution is 2.30. The monoisotopic (exact) mass is 354 g/mol. The van der Waals surface area contributed by atoms with Crippen LogP contribution in [0, 0.1) is 6.92 Å². The van der Waals surface area contributed by atoms with Crippen LogP contribution in [0.2, 0.25) is 0 Å². The summed E-state index contributed by atoms with van der Waals surface area (Å²) < 4.78 is 6.73. The molecule has 0 spiro atoms. The van der Waals surface area contributed by atoms with Crippen LogP contribution in [0.3, 0.4) is 0 Å². The van der Waals surface area contributed by atoms with Gasteiger partial charge in [0, 0.05) is 6.92 Å². The Morgan fingerprint density at radius 3 is 2.81 bits per heavy atom. The quantitative estimate of drug-likeness (QED) is 0.663. The lowest BCUT2D eigenvalue weighted by atomic mass is 9.91. The van der Waals surface area contributed by atoms with Crippen LogP contribution in [0.1, 0.15) is 24.3 Å². The third-order valence-electron chi connectivity index (χ3n) is 4.17. The molecular formula is C15H14N8O3. The molecule has 1 saturated heterocycles. The summed E-state index contributed by atoms with van der Waals surface area (Å²) in [4.78, 5) is 26.4. The predicted octanol–water partition coefficient (Wildman–Crippen LogP) is 0.321. The maximum atomic E-state index is 13.0. The van der Waals surface area contributed by atoms with Gasteiger partial charge in [-0.05, 0) is 35.0 Å². The van der Waals surface area contributed by atoms with Gasteiger partial charge in [0.15, 0.2) is 0 Å². The number of aromatic nitrogens is 6. The highest BCUT2D eigenvalue weighted by Gasteiger charge is 2.49. The van der Waals surface area contributed by atoms with Gasteiger partial charge in [-0.3, -0.25) is 9.69 Å². The number of urea groups is 1. The smallest absolute Gasteiger partial charge is 0.325 e. The molecule has 132 valence electrons. The molecule has 3 heterocycles. The molecule has 1 N–H and O–H groups in total. The number of imide groups is 1. The molecule has 4 rings (SSSR count). The van der Waals surface area contributed by atoms with Gasteiger partial charge in [0.05, 0.1) is 5.69 Å². The van der Waals surface area contributed by atoms with Gasteiger partial charge < -0.3 is 9.73 Å². The first kappa shape index (κ1) is 15.9. The molecule has 3 aromatic rings. The van der Waals surface area contributed by atoms with Crippen molar-refractivity contribution in [3.63, 3.8) is 0 Å². The molecule has 1 aliphatic heterocycles. The minimum atomic E-state index is -1.23. The van der Waals surface area contributed by atoms with Crippen LogP contribution in [0.25, 0.3) is 5.69 Å². The molecule has 0 radical (unpaired) electrons. The van der Waals surface area contributed by atoms with Crippen LogP contribution < -0.4 is 5.32 Å². The van der Waals surface area contributed by atoms with Crippen molar-refractivity contribution in [2.45, 2.75) is 25.9 Å². The fourth-order valence-corrected chi connectivity index (χ4v) is 2.81. The fourth-order valence-electron chi connectivity index (χ4n) is 2.81. The Morgan fingerprint density at radius 2 is 2.12 bits per heavy atom. The molecule has 0 aliphatic carbocycles. The number of tetrazole rings is 1. The first-order valence-corrected chi connectivity index (χ1v) is 7.74. The zero-order chi connectivity index (χ0) is 18.3. The zero-order valence-corrected chi connectivity index (χ0v) is 13.9. The zero-order valence-electron chi connectivity index (χ0n) is 13.9. The molecule has 1 fully saturated rings. The molecule has 1 aliphatic rings. The summed E-state index contributed by atoms with van der Waals surface area (Å²) in [6.45, 7) is 3.19. The Morgan fingerprint density at radius 1 is 1.27 bits per heavy atom. The summed E-state index contributed by atoms with van der Waals surface area (Å²) in [6.07, 6.45) is 1.45. The number of nitrogens with one attached hydrogen (secondary N) is 1. The highest BCUT2D eigenvalue weighted by atomic mass is 16.4. The Hall–Kier alpha value is -3.63. The minimum Gasteiger partial charge on any atom is -0.424 e. The van der Waals surface area contributed by atoms with E-state index < -0.39 is 17.5 Å². The Kier molecular flexibility index (Phi) is 3.49. The number of benzene rings is 1. The molecule has 0 saturated carbocycles. The van der Waals surface area contributed by atoms with Crippen molar-refractivity contribution in [2.24, 2.45) is 0 Å². The molecule has 1 atom stereocenters. The van der Waals surface area contributed by atoms with Gasteiger partial charge in [0.2, 0.25) is 11.8 Å². The number of amides is 3. The third kappa shape index (κ3) is 2.49. The van der Waals surface area contributed by atoms with E-state index >= 15 is 0 Å². The Labute approximate surface area is 147 Å². The fraction of sp³-hybridized carbons (Fsp3) is 0.267. The maximum absolute atomic E-state index is 13.0. The molecule has 2 aromatic heterocycles. The van der Waals surface area contributed by atoms with Crippen molar-refractivity contribution < 1.29 is 14.0 Å². The van der Waals surface area contributed by atoms with Crippen molar-refractivity contribution in [3.8, 4) is 5.69 Å². The van der Waals surface area contributed by atoms with E-state index in [-0.39, 0.29) is 12.4 Å². The van der Waals surface area contributed by atoms with Crippen LogP contribution in [-0.4, -0.2) is 47.2 Å². The lowest BCUT2D eigenvalue weighted by molar-refractivity contribution is -0.131. The maximum Gasteiger partial charge on any atom is 0.325 e. The van der Waals surface area contributed by atoms with Crippen molar-refractivity contribution in [3.05, 3.63) is 47.9 Å². The number of hydrogen-bond donors (Lipinski definition) is 1. The van der Waals surface area contributed by atoms with Crippen molar-refractivity contribution in [1.82, 2.24) is 40.6 Å². The molecule has 11 nitrogen and oxygen atoms in total. The second-order valence-electron chi connectivity index (χ2n) is 5.97. The van der Waals surface area contributed by atoms with Gasteiger partial charge in [-0.15, -0.1) is 15.3 Å². The number of carbonyl (C=O) groups is 2. The number of aryl methyl sites for hydroxylation is 1. The van der Waals surface area contributed by atoms with Gasteiger partial charge in [-0.1, -0.05) is 12.1 Å². The summed E-state index contributed by atoms with van der Waals surface area (Å²) in [6, 6.07) is 6.53. The molecular weight excluding hydrogens is 340 g/mol. The largest absolute Gasteiger partial charge is 0.424 e. The van der Waals surface area contributed by atoms with E-state index in [1.165, 1.54) is 11.0 Å². The normalized spacial score (nSPS) is 19.8. The summed E-state index contributed by atoms with van der Waals surface area (Å²) >= 11 is 0. The summed E-state index contributed by atoms with van der Waals surface area (Å²) in [5, 5.41) is 21.3.